The molecular weight excluding hydrogens is 371 g/mol. The number of amides is 2. The summed E-state index contributed by atoms with van der Waals surface area (Å²) in [6.45, 7) is 5.33. The van der Waals surface area contributed by atoms with Crippen molar-refractivity contribution < 1.29 is 14.0 Å². The number of hydrogen-bond donors (Lipinski definition) is 1. The van der Waals surface area contributed by atoms with Gasteiger partial charge in [0.15, 0.2) is 5.69 Å². The van der Waals surface area contributed by atoms with Crippen LogP contribution in [0.15, 0.2) is 48.7 Å². The Labute approximate surface area is 169 Å². The van der Waals surface area contributed by atoms with Crippen molar-refractivity contribution in [2.45, 2.75) is 33.2 Å². The molecule has 2 heterocycles. The Morgan fingerprint density at radius 2 is 1.76 bits per heavy atom. The molecule has 0 aliphatic rings. The third-order valence-electron chi connectivity index (χ3n) is 4.63. The molecule has 0 unspecified atom stereocenters. The van der Waals surface area contributed by atoms with Gasteiger partial charge in [0.25, 0.3) is 11.8 Å². The molecule has 6 nitrogen and oxygen atoms in total. The van der Waals surface area contributed by atoms with Gasteiger partial charge < -0.3 is 10.2 Å². The summed E-state index contributed by atoms with van der Waals surface area (Å²) in [4.78, 5) is 32.0. The average Bonchev–Trinajstić information content (AvgIpc) is 3.12. The number of aromatic nitrogens is 2. The van der Waals surface area contributed by atoms with Crippen molar-refractivity contribution in [1.82, 2.24) is 19.6 Å². The predicted molar refractivity (Wildman–Crippen MR) is 109 cm³/mol. The van der Waals surface area contributed by atoms with Gasteiger partial charge in [-0.15, -0.1) is 0 Å². The summed E-state index contributed by atoms with van der Waals surface area (Å²) >= 11 is 0. The molecule has 3 aromatic rings. The van der Waals surface area contributed by atoms with Crippen molar-refractivity contribution in [3.63, 3.8) is 0 Å². The second-order valence-electron chi connectivity index (χ2n) is 6.81. The van der Waals surface area contributed by atoms with Crippen molar-refractivity contribution in [2.24, 2.45) is 0 Å². The number of carbonyl (C=O) groups excluding carboxylic acids is 2. The largest absolute Gasteiger partial charge is 0.345 e. The Balaban J connectivity index is 1.90. The van der Waals surface area contributed by atoms with Crippen molar-refractivity contribution in [3.8, 4) is 0 Å². The zero-order valence-corrected chi connectivity index (χ0v) is 16.7. The van der Waals surface area contributed by atoms with Crippen LogP contribution in [0.25, 0.3) is 5.52 Å². The summed E-state index contributed by atoms with van der Waals surface area (Å²) in [7, 11) is 0. The molecule has 0 atom stereocenters. The number of hydrogen-bond acceptors (Lipinski definition) is 3. The number of rotatable bonds is 8. The van der Waals surface area contributed by atoms with Crippen LogP contribution in [0, 0.1) is 5.82 Å². The molecule has 0 saturated carbocycles. The highest BCUT2D eigenvalue weighted by atomic mass is 19.1. The highest BCUT2D eigenvalue weighted by Crippen LogP contribution is 2.16. The minimum Gasteiger partial charge on any atom is -0.345 e. The minimum absolute atomic E-state index is 0.0360. The molecule has 0 spiro atoms. The van der Waals surface area contributed by atoms with Gasteiger partial charge in [-0.1, -0.05) is 38.1 Å². The number of nitrogens with one attached hydrogen (secondary N) is 1. The zero-order chi connectivity index (χ0) is 20.8. The molecule has 29 heavy (non-hydrogen) atoms. The van der Waals surface area contributed by atoms with Crippen LogP contribution in [0.1, 0.15) is 53.4 Å². The highest BCUT2D eigenvalue weighted by molar-refractivity contribution is 6.02. The van der Waals surface area contributed by atoms with Crippen molar-refractivity contribution >= 4 is 17.3 Å². The fraction of sp³-hybridized carbons (Fsp3) is 0.318. The SMILES string of the molecule is CCCN(CCC)C(=O)c1nc(C(=O)NCc2ccccc2F)n2ccccc12. The van der Waals surface area contributed by atoms with Gasteiger partial charge in [0.1, 0.15) is 5.82 Å². The Bertz CT molecular complexity index is 1010. The van der Waals surface area contributed by atoms with E-state index >= 15 is 0 Å². The van der Waals surface area contributed by atoms with E-state index in [1.807, 2.05) is 13.8 Å². The Morgan fingerprint density at radius 3 is 2.45 bits per heavy atom. The molecule has 1 N–H and O–H groups in total. The molecular formula is C22H25FN4O2. The summed E-state index contributed by atoms with van der Waals surface area (Å²) in [5.74, 6) is -0.934. The van der Waals surface area contributed by atoms with Gasteiger partial charge in [0, 0.05) is 31.4 Å². The summed E-state index contributed by atoms with van der Waals surface area (Å²) in [6.07, 6.45) is 3.38. The molecule has 152 valence electrons. The third-order valence-corrected chi connectivity index (χ3v) is 4.63. The van der Waals surface area contributed by atoms with Crippen LogP contribution in [0.2, 0.25) is 0 Å². The smallest absolute Gasteiger partial charge is 0.287 e. The monoisotopic (exact) mass is 396 g/mol. The summed E-state index contributed by atoms with van der Waals surface area (Å²) in [6, 6.07) is 11.6. The molecule has 0 radical (unpaired) electrons. The van der Waals surface area contributed by atoms with Gasteiger partial charge >= 0.3 is 0 Å². The van der Waals surface area contributed by atoms with E-state index in [0.717, 1.165) is 12.8 Å². The first-order valence-electron chi connectivity index (χ1n) is 9.84. The van der Waals surface area contributed by atoms with Crippen LogP contribution in [0.3, 0.4) is 0 Å². The van der Waals surface area contributed by atoms with Gasteiger partial charge in [-0.3, -0.25) is 14.0 Å². The number of imidazole rings is 1. The topological polar surface area (TPSA) is 66.7 Å². The molecule has 0 aliphatic heterocycles. The van der Waals surface area contributed by atoms with Crippen LogP contribution in [-0.2, 0) is 6.54 Å². The fourth-order valence-electron chi connectivity index (χ4n) is 3.26. The lowest BCUT2D eigenvalue weighted by Crippen LogP contribution is -2.33. The lowest BCUT2D eigenvalue weighted by Gasteiger charge is -2.20. The van der Waals surface area contributed by atoms with E-state index in [1.165, 1.54) is 6.07 Å². The normalized spacial score (nSPS) is 10.9. The first-order valence-corrected chi connectivity index (χ1v) is 9.84. The molecule has 3 rings (SSSR count). The standard InChI is InChI=1S/C22H25FN4O2/c1-3-12-26(13-4-2)22(29)19-18-11-7-8-14-27(18)20(25-19)21(28)24-15-16-9-5-6-10-17(16)23/h5-11,14H,3-4,12-13,15H2,1-2H3,(H,24,28). The van der Waals surface area contributed by atoms with Crippen molar-refractivity contribution in [2.75, 3.05) is 13.1 Å². The number of benzene rings is 1. The van der Waals surface area contributed by atoms with E-state index in [4.69, 9.17) is 0 Å². The maximum atomic E-state index is 13.8. The van der Waals surface area contributed by atoms with E-state index in [0.29, 0.717) is 24.2 Å². The van der Waals surface area contributed by atoms with E-state index in [9.17, 15) is 14.0 Å². The summed E-state index contributed by atoms with van der Waals surface area (Å²) < 4.78 is 15.4. The molecule has 2 aromatic heterocycles. The summed E-state index contributed by atoms with van der Waals surface area (Å²) in [5.41, 5.74) is 1.21. The number of fused-ring (bicyclic) bond motifs is 1. The van der Waals surface area contributed by atoms with E-state index in [1.54, 1.807) is 51.9 Å². The maximum Gasteiger partial charge on any atom is 0.287 e. The number of halogens is 1. The van der Waals surface area contributed by atoms with Crippen LogP contribution in [0.5, 0.6) is 0 Å². The minimum atomic E-state index is -0.467. The van der Waals surface area contributed by atoms with Crippen LogP contribution < -0.4 is 5.32 Å². The zero-order valence-electron chi connectivity index (χ0n) is 16.7. The van der Waals surface area contributed by atoms with Crippen molar-refractivity contribution in [3.05, 3.63) is 71.6 Å². The molecule has 0 saturated heterocycles. The lowest BCUT2D eigenvalue weighted by atomic mass is 10.2. The number of carbonyl (C=O) groups is 2. The molecule has 2 amide bonds. The van der Waals surface area contributed by atoms with Crippen LogP contribution in [0.4, 0.5) is 4.39 Å². The first-order chi connectivity index (χ1) is 14.1. The maximum absolute atomic E-state index is 13.8. The average molecular weight is 396 g/mol. The van der Waals surface area contributed by atoms with E-state index < -0.39 is 5.91 Å². The highest BCUT2D eigenvalue weighted by Gasteiger charge is 2.24. The lowest BCUT2D eigenvalue weighted by molar-refractivity contribution is 0.0752. The summed E-state index contributed by atoms with van der Waals surface area (Å²) in [5, 5.41) is 2.69. The van der Waals surface area contributed by atoms with Gasteiger partial charge in [-0.2, -0.15) is 0 Å². The van der Waals surface area contributed by atoms with Crippen LogP contribution in [-0.4, -0.2) is 39.2 Å². The predicted octanol–water partition coefficient (Wildman–Crippen LogP) is 3.67. The second-order valence-corrected chi connectivity index (χ2v) is 6.81. The van der Waals surface area contributed by atoms with Gasteiger partial charge in [0.2, 0.25) is 5.82 Å². The molecule has 0 aliphatic carbocycles. The molecule has 0 bridgehead atoms. The quantitative estimate of drug-likeness (QED) is 0.632. The first kappa shape index (κ1) is 20.5. The number of nitrogens with zero attached hydrogens (tertiary/aromatic N) is 3. The third kappa shape index (κ3) is 4.45. The van der Waals surface area contributed by atoms with E-state index in [2.05, 4.69) is 10.3 Å². The van der Waals surface area contributed by atoms with Crippen LogP contribution >= 0.6 is 0 Å². The van der Waals surface area contributed by atoms with Gasteiger partial charge in [-0.25, -0.2) is 9.37 Å². The Kier molecular flexibility index (Phi) is 6.59. The molecule has 1 aromatic carbocycles. The van der Waals surface area contributed by atoms with Gasteiger partial charge in [0.05, 0.1) is 5.52 Å². The fourth-order valence-corrected chi connectivity index (χ4v) is 3.26. The second kappa shape index (κ2) is 9.32. The molecule has 0 fully saturated rings. The Morgan fingerprint density at radius 1 is 1.07 bits per heavy atom. The Hall–Kier alpha value is -3.22. The number of pyridine rings is 1. The van der Waals surface area contributed by atoms with E-state index in [-0.39, 0.29) is 29.8 Å². The van der Waals surface area contributed by atoms with Crippen molar-refractivity contribution in [1.29, 1.82) is 0 Å². The van der Waals surface area contributed by atoms with Gasteiger partial charge in [-0.05, 0) is 31.0 Å². The molecule has 7 heteroatoms.